The summed E-state index contributed by atoms with van der Waals surface area (Å²) >= 11 is 0. The van der Waals surface area contributed by atoms with Crippen LogP contribution in [-0.4, -0.2) is 52.1 Å². The lowest BCUT2D eigenvalue weighted by Gasteiger charge is -2.59. The van der Waals surface area contributed by atoms with Crippen LogP contribution >= 0.6 is 0 Å². The lowest BCUT2D eigenvalue weighted by molar-refractivity contribution is -0.198. The first-order valence-electron chi connectivity index (χ1n) is 8.23. The molecule has 2 N–H and O–H groups in total. The van der Waals surface area contributed by atoms with Crippen LogP contribution in [0.2, 0.25) is 0 Å². The monoisotopic (exact) mass is 313 g/mol. The number of ether oxygens (including phenoxy) is 1. The van der Waals surface area contributed by atoms with E-state index in [9.17, 15) is 15.0 Å². The van der Waals surface area contributed by atoms with Crippen LogP contribution in [0.5, 0.6) is 0 Å². The minimum Gasteiger partial charge on any atom is -0.444 e. The summed E-state index contributed by atoms with van der Waals surface area (Å²) in [4.78, 5) is 13.7. The highest BCUT2D eigenvalue weighted by atomic mass is 16.6. The smallest absolute Gasteiger partial charge is 0.410 e. The highest BCUT2D eigenvalue weighted by Crippen LogP contribution is 2.51. The average Bonchev–Trinajstić information content (AvgIpc) is 2.30. The number of aliphatic hydroxyl groups is 2. The number of hydrogen-bond acceptors (Lipinski definition) is 4. The van der Waals surface area contributed by atoms with Gasteiger partial charge in [-0.15, -0.1) is 0 Å². The minimum atomic E-state index is -0.879. The van der Waals surface area contributed by atoms with Crippen LogP contribution in [0.25, 0.3) is 0 Å². The number of carbonyl (C=O) groups is 1. The van der Waals surface area contributed by atoms with Crippen LogP contribution in [0, 0.1) is 10.8 Å². The normalized spacial score (nSPS) is 26.2. The van der Waals surface area contributed by atoms with E-state index in [-0.39, 0.29) is 18.1 Å². The topological polar surface area (TPSA) is 70.0 Å². The number of amides is 1. The molecule has 0 spiro atoms. The van der Waals surface area contributed by atoms with Crippen molar-refractivity contribution in [3.05, 3.63) is 0 Å². The third-order valence-corrected chi connectivity index (χ3v) is 5.36. The Balaban J connectivity index is 2.01. The number of rotatable bonds is 2. The maximum absolute atomic E-state index is 12.1. The van der Waals surface area contributed by atoms with Crippen molar-refractivity contribution < 1.29 is 19.7 Å². The fourth-order valence-electron chi connectivity index (χ4n) is 3.55. The predicted molar refractivity (Wildman–Crippen MR) is 84.5 cm³/mol. The van der Waals surface area contributed by atoms with Gasteiger partial charge in [0.1, 0.15) is 5.60 Å². The molecule has 128 valence electrons. The Morgan fingerprint density at radius 3 is 2.05 bits per heavy atom. The number of carbonyl (C=O) groups excluding carboxylic acids is 1. The van der Waals surface area contributed by atoms with E-state index in [2.05, 4.69) is 13.8 Å². The summed E-state index contributed by atoms with van der Waals surface area (Å²) in [5.41, 5.74) is -1.76. The van der Waals surface area contributed by atoms with Gasteiger partial charge >= 0.3 is 6.09 Å². The van der Waals surface area contributed by atoms with Crippen LogP contribution < -0.4 is 0 Å². The van der Waals surface area contributed by atoms with Crippen molar-refractivity contribution in [1.29, 1.82) is 0 Å². The molecular formula is C17H31NO4. The van der Waals surface area contributed by atoms with Gasteiger partial charge in [-0.1, -0.05) is 13.8 Å². The second-order valence-electron chi connectivity index (χ2n) is 8.97. The van der Waals surface area contributed by atoms with E-state index in [0.29, 0.717) is 25.9 Å². The Morgan fingerprint density at radius 2 is 1.64 bits per heavy atom. The number of likely N-dealkylation sites (tertiary alicyclic amines) is 1. The highest BCUT2D eigenvalue weighted by molar-refractivity contribution is 5.69. The fraction of sp³-hybridized carbons (Fsp3) is 0.941. The van der Waals surface area contributed by atoms with E-state index in [0.717, 1.165) is 12.8 Å². The van der Waals surface area contributed by atoms with Gasteiger partial charge < -0.3 is 19.8 Å². The number of hydrogen-bond donors (Lipinski definition) is 2. The minimum absolute atomic E-state index is 0.0940. The van der Waals surface area contributed by atoms with Crippen molar-refractivity contribution in [2.75, 3.05) is 19.7 Å². The Kier molecular flexibility index (Phi) is 4.29. The summed E-state index contributed by atoms with van der Waals surface area (Å²) in [6, 6.07) is 0. The van der Waals surface area contributed by atoms with Crippen molar-refractivity contribution in [1.82, 2.24) is 4.90 Å². The summed E-state index contributed by atoms with van der Waals surface area (Å²) in [7, 11) is 0. The molecule has 2 aliphatic rings. The van der Waals surface area contributed by atoms with Crippen molar-refractivity contribution in [3.63, 3.8) is 0 Å². The van der Waals surface area contributed by atoms with Crippen LogP contribution in [-0.2, 0) is 4.74 Å². The molecule has 5 heteroatoms. The summed E-state index contributed by atoms with van der Waals surface area (Å²) in [6.45, 7) is 10.6. The van der Waals surface area contributed by atoms with Gasteiger partial charge in [-0.05, 0) is 51.9 Å². The largest absolute Gasteiger partial charge is 0.444 e. The molecule has 5 nitrogen and oxygen atoms in total. The first-order valence-corrected chi connectivity index (χ1v) is 8.23. The SMILES string of the molecule is CC1(C)CCC(O)(C2(CO)CN(C(=O)OC(C)(C)C)C2)CC1. The van der Waals surface area contributed by atoms with Gasteiger partial charge in [0.05, 0.1) is 17.6 Å². The van der Waals surface area contributed by atoms with E-state index in [4.69, 9.17) is 4.74 Å². The molecule has 1 aliphatic heterocycles. The van der Waals surface area contributed by atoms with E-state index >= 15 is 0 Å². The first-order chi connectivity index (χ1) is 9.92. The van der Waals surface area contributed by atoms with Gasteiger partial charge in [-0.3, -0.25) is 0 Å². The lowest BCUT2D eigenvalue weighted by atomic mass is 9.58. The zero-order valence-electron chi connectivity index (χ0n) is 14.6. The van der Waals surface area contributed by atoms with Crippen molar-refractivity contribution in [2.24, 2.45) is 10.8 Å². The van der Waals surface area contributed by atoms with Crippen molar-refractivity contribution >= 4 is 6.09 Å². The zero-order valence-corrected chi connectivity index (χ0v) is 14.6. The quantitative estimate of drug-likeness (QED) is 0.822. The molecule has 0 aromatic carbocycles. The Bertz CT molecular complexity index is 422. The number of aliphatic hydroxyl groups excluding tert-OH is 1. The van der Waals surface area contributed by atoms with Crippen molar-refractivity contribution in [3.8, 4) is 0 Å². The molecule has 0 bridgehead atoms. The zero-order chi connectivity index (χ0) is 16.8. The third kappa shape index (κ3) is 3.25. The molecule has 2 fully saturated rings. The molecular weight excluding hydrogens is 282 g/mol. The summed E-state index contributed by atoms with van der Waals surface area (Å²) in [5.74, 6) is 0. The molecule has 1 heterocycles. The molecule has 0 aromatic heterocycles. The van der Waals surface area contributed by atoms with E-state index in [1.54, 1.807) is 4.90 Å². The number of nitrogens with zero attached hydrogens (tertiary/aromatic N) is 1. The van der Waals surface area contributed by atoms with Gasteiger partial charge in [0.2, 0.25) is 0 Å². The predicted octanol–water partition coefficient (Wildman–Crippen LogP) is 2.55. The van der Waals surface area contributed by atoms with Crippen LogP contribution in [0.1, 0.15) is 60.3 Å². The van der Waals surface area contributed by atoms with Gasteiger partial charge in [0.25, 0.3) is 0 Å². The summed E-state index contributed by atoms with van der Waals surface area (Å²) in [6.07, 6.45) is 2.89. The second kappa shape index (κ2) is 5.38. The fourth-order valence-corrected chi connectivity index (χ4v) is 3.55. The summed E-state index contributed by atoms with van der Waals surface area (Å²) in [5, 5.41) is 20.9. The van der Waals surface area contributed by atoms with E-state index in [1.807, 2.05) is 20.8 Å². The maximum Gasteiger partial charge on any atom is 0.410 e. The Morgan fingerprint density at radius 1 is 1.14 bits per heavy atom. The maximum atomic E-state index is 12.1. The molecule has 0 radical (unpaired) electrons. The van der Waals surface area contributed by atoms with Crippen LogP contribution in [0.15, 0.2) is 0 Å². The lowest BCUT2D eigenvalue weighted by Crippen LogP contribution is -2.71. The summed E-state index contributed by atoms with van der Waals surface area (Å²) < 4.78 is 5.36. The second-order valence-corrected chi connectivity index (χ2v) is 8.97. The molecule has 1 aliphatic carbocycles. The molecule has 0 unspecified atom stereocenters. The molecule has 2 rings (SSSR count). The van der Waals surface area contributed by atoms with Gasteiger partial charge in [-0.25, -0.2) is 4.79 Å². The van der Waals surface area contributed by atoms with Gasteiger partial charge in [0.15, 0.2) is 0 Å². The first kappa shape index (κ1) is 17.5. The Labute approximate surface area is 133 Å². The van der Waals surface area contributed by atoms with Crippen LogP contribution in [0.3, 0.4) is 0 Å². The molecule has 0 aromatic rings. The average molecular weight is 313 g/mol. The van der Waals surface area contributed by atoms with Crippen molar-refractivity contribution in [2.45, 2.75) is 71.5 Å². The standard InChI is InChI=1S/C17H31NO4/c1-14(2,3)22-13(20)18-10-16(11-18,12-19)17(21)8-6-15(4,5)7-9-17/h19,21H,6-12H2,1-5H3. The molecule has 1 saturated carbocycles. The molecule has 0 atom stereocenters. The molecule has 1 saturated heterocycles. The molecule has 22 heavy (non-hydrogen) atoms. The van der Waals surface area contributed by atoms with E-state index < -0.39 is 16.6 Å². The highest BCUT2D eigenvalue weighted by Gasteiger charge is 2.59. The Hall–Kier alpha value is -0.810. The van der Waals surface area contributed by atoms with Gasteiger partial charge in [-0.2, -0.15) is 0 Å². The van der Waals surface area contributed by atoms with E-state index in [1.165, 1.54) is 0 Å². The third-order valence-electron chi connectivity index (χ3n) is 5.36. The molecule has 1 amide bonds. The van der Waals surface area contributed by atoms with Gasteiger partial charge in [0, 0.05) is 13.1 Å². The van der Waals surface area contributed by atoms with Crippen LogP contribution in [0.4, 0.5) is 4.79 Å².